The van der Waals surface area contributed by atoms with Crippen molar-refractivity contribution in [3.63, 3.8) is 0 Å². The molecule has 0 spiro atoms. The third kappa shape index (κ3) is 3.21. The van der Waals surface area contributed by atoms with Crippen molar-refractivity contribution in [3.8, 4) is 17.2 Å². The van der Waals surface area contributed by atoms with Gasteiger partial charge >= 0.3 is 5.97 Å². The highest BCUT2D eigenvalue weighted by Gasteiger charge is 2.14. The summed E-state index contributed by atoms with van der Waals surface area (Å²) in [5.41, 5.74) is 1.87. The molecule has 110 valence electrons. The number of nitriles is 1. The number of carbonyl (C=O) groups is 1. The molecular weight excluding hydrogens is 281 g/mol. The average Bonchev–Trinajstić information content (AvgIpc) is 2.52. The predicted molar refractivity (Wildman–Crippen MR) is 82.0 cm³/mol. The molecule has 0 aliphatic heterocycles. The van der Waals surface area contributed by atoms with Gasteiger partial charge in [0.1, 0.15) is 11.9 Å². The minimum absolute atomic E-state index is 0.0663. The van der Waals surface area contributed by atoms with E-state index < -0.39 is 11.8 Å². The van der Waals surface area contributed by atoms with Crippen molar-refractivity contribution in [1.29, 1.82) is 5.26 Å². The van der Waals surface area contributed by atoms with Crippen molar-refractivity contribution in [3.05, 3.63) is 71.6 Å². The summed E-state index contributed by atoms with van der Waals surface area (Å²) in [5.74, 6) is -1.73. The third-order valence-electron chi connectivity index (χ3n) is 3.35. The Morgan fingerprint density at radius 3 is 2.68 bits per heavy atom. The first kappa shape index (κ1) is 15.5. The first-order valence-corrected chi connectivity index (χ1v) is 6.74. The van der Waals surface area contributed by atoms with Gasteiger partial charge in [0, 0.05) is 0 Å². The van der Waals surface area contributed by atoms with Gasteiger partial charge in [-0.25, -0.2) is 9.18 Å². The molecule has 4 heteroatoms. The fourth-order valence-corrected chi connectivity index (χ4v) is 2.21. The van der Waals surface area contributed by atoms with E-state index in [-0.39, 0.29) is 11.1 Å². The van der Waals surface area contributed by atoms with Gasteiger partial charge in [0.15, 0.2) is 0 Å². The van der Waals surface area contributed by atoms with Crippen molar-refractivity contribution >= 4 is 5.97 Å². The van der Waals surface area contributed by atoms with Gasteiger partial charge in [0.05, 0.1) is 11.1 Å². The molecule has 22 heavy (non-hydrogen) atoms. The number of carboxylic acid groups (broad SMARTS) is 1. The fraction of sp³-hybridized carbons (Fsp3) is 0.111. The average molecular weight is 295 g/mol. The number of benzene rings is 2. The maximum absolute atomic E-state index is 13.8. The Bertz CT molecular complexity index is 775. The molecule has 2 aromatic carbocycles. The van der Waals surface area contributed by atoms with E-state index in [2.05, 4.69) is 6.58 Å². The van der Waals surface area contributed by atoms with Gasteiger partial charge in [-0.3, -0.25) is 0 Å². The van der Waals surface area contributed by atoms with Crippen molar-refractivity contribution in [2.45, 2.75) is 12.8 Å². The molecule has 0 fully saturated rings. The van der Waals surface area contributed by atoms with Gasteiger partial charge in [-0.05, 0) is 47.7 Å². The fourth-order valence-electron chi connectivity index (χ4n) is 2.21. The molecule has 0 aliphatic carbocycles. The second kappa shape index (κ2) is 6.68. The van der Waals surface area contributed by atoms with Gasteiger partial charge in [0.25, 0.3) is 0 Å². The molecule has 0 aliphatic rings. The molecule has 3 nitrogen and oxygen atoms in total. The van der Waals surface area contributed by atoms with Crippen LogP contribution in [0.15, 0.2) is 49.1 Å². The number of aryl methyl sites for hydroxylation is 1. The first-order valence-electron chi connectivity index (χ1n) is 6.74. The van der Waals surface area contributed by atoms with Gasteiger partial charge in [-0.1, -0.05) is 24.3 Å². The van der Waals surface area contributed by atoms with Crippen molar-refractivity contribution in [2.24, 2.45) is 0 Å². The van der Waals surface area contributed by atoms with E-state index in [0.717, 1.165) is 18.4 Å². The highest BCUT2D eigenvalue weighted by Crippen LogP contribution is 2.27. The Morgan fingerprint density at radius 1 is 1.32 bits per heavy atom. The summed E-state index contributed by atoms with van der Waals surface area (Å²) in [4.78, 5) is 11.4. The Morgan fingerprint density at radius 2 is 2.09 bits per heavy atom. The lowest BCUT2D eigenvalue weighted by atomic mass is 9.95. The predicted octanol–water partition coefficient (Wildman–Crippen LogP) is 4.18. The van der Waals surface area contributed by atoms with Crippen LogP contribution in [0.1, 0.15) is 27.9 Å². The highest BCUT2D eigenvalue weighted by atomic mass is 19.1. The molecule has 0 radical (unpaired) electrons. The summed E-state index contributed by atoms with van der Waals surface area (Å²) in [5, 5.41) is 18.1. The van der Waals surface area contributed by atoms with E-state index in [1.54, 1.807) is 30.3 Å². The minimum atomic E-state index is -1.07. The Labute approximate surface area is 128 Å². The van der Waals surface area contributed by atoms with Crippen LogP contribution in [0.3, 0.4) is 0 Å². The lowest BCUT2D eigenvalue weighted by Crippen LogP contribution is -2.01. The maximum atomic E-state index is 13.8. The lowest BCUT2D eigenvalue weighted by molar-refractivity contribution is 0.0697. The maximum Gasteiger partial charge on any atom is 0.336 e. The molecule has 0 heterocycles. The zero-order valence-corrected chi connectivity index (χ0v) is 11.8. The molecule has 1 N–H and O–H groups in total. The van der Waals surface area contributed by atoms with E-state index >= 15 is 0 Å². The second-order valence-corrected chi connectivity index (χ2v) is 4.82. The molecule has 0 unspecified atom stereocenters. The number of rotatable bonds is 5. The summed E-state index contributed by atoms with van der Waals surface area (Å²) < 4.78 is 13.8. The van der Waals surface area contributed by atoms with Crippen LogP contribution in [0.4, 0.5) is 4.39 Å². The van der Waals surface area contributed by atoms with Crippen LogP contribution < -0.4 is 0 Å². The van der Waals surface area contributed by atoms with E-state index in [0.29, 0.717) is 11.1 Å². The summed E-state index contributed by atoms with van der Waals surface area (Å²) in [6.07, 6.45) is 3.29. The molecule has 0 saturated heterocycles. The second-order valence-electron chi connectivity index (χ2n) is 4.82. The van der Waals surface area contributed by atoms with Gasteiger partial charge in [-0.15, -0.1) is 6.58 Å². The Kier molecular flexibility index (Phi) is 4.70. The SMILES string of the molecule is C=CCCc1ccc(C(=O)O)c(-c2ccc(C#N)c(F)c2)c1. The van der Waals surface area contributed by atoms with E-state index in [1.807, 2.05) is 0 Å². The minimum Gasteiger partial charge on any atom is -0.478 e. The molecule has 0 amide bonds. The number of hydrogen-bond acceptors (Lipinski definition) is 2. The van der Waals surface area contributed by atoms with Crippen LogP contribution in [0.2, 0.25) is 0 Å². The van der Waals surface area contributed by atoms with E-state index in [9.17, 15) is 14.3 Å². The van der Waals surface area contributed by atoms with Gasteiger partial charge in [-0.2, -0.15) is 5.26 Å². The molecule has 0 atom stereocenters. The first-order chi connectivity index (χ1) is 10.6. The Hall–Kier alpha value is -2.93. The summed E-state index contributed by atoms with van der Waals surface area (Å²) in [6.45, 7) is 3.66. The molecule has 2 rings (SSSR count). The van der Waals surface area contributed by atoms with Crippen LogP contribution in [-0.2, 0) is 6.42 Å². The zero-order chi connectivity index (χ0) is 16.1. The summed E-state index contributed by atoms with van der Waals surface area (Å²) in [7, 11) is 0. The Balaban J connectivity index is 2.55. The zero-order valence-electron chi connectivity index (χ0n) is 11.8. The van der Waals surface area contributed by atoms with Crippen molar-refractivity contribution in [2.75, 3.05) is 0 Å². The molecule has 2 aromatic rings. The highest BCUT2D eigenvalue weighted by molar-refractivity contribution is 5.96. The molecule has 0 saturated carbocycles. The molecule has 0 aromatic heterocycles. The normalized spacial score (nSPS) is 10.0. The summed E-state index contributed by atoms with van der Waals surface area (Å²) in [6, 6.07) is 10.9. The van der Waals surface area contributed by atoms with Gasteiger partial charge in [0.2, 0.25) is 0 Å². The van der Waals surface area contributed by atoms with Crippen molar-refractivity contribution in [1.82, 2.24) is 0 Å². The van der Waals surface area contributed by atoms with Crippen LogP contribution in [0.25, 0.3) is 11.1 Å². The standard InChI is InChI=1S/C18H14FNO2/c1-2-3-4-12-5-8-15(18(21)22)16(9-12)13-6-7-14(11-20)17(19)10-13/h2,5-10H,1,3-4H2,(H,21,22). The summed E-state index contributed by atoms with van der Waals surface area (Å²) >= 11 is 0. The van der Waals surface area contributed by atoms with Crippen LogP contribution in [-0.4, -0.2) is 11.1 Å². The van der Waals surface area contributed by atoms with E-state index in [4.69, 9.17) is 5.26 Å². The molecule has 0 bridgehead atoms. The molecular formula is C18H14FNO2. The number of hydrogen-bond donors (Lipinski definition) is 1. The van der Waals surface area contributed by atoms with Crippen LogP contribution in [0.5, 0.6) is 0 Å². The number of allylic oxidation sites excluding steroid dienone is 1. The monoisotopic (exact) mass is 295 g/mol. The smallest absolute Gasteiger partial charge is 0.336 e. The van der Waals surface area contributed by atoms with E-state index in [1.165, 1.54) is 18.2 Å². The van der Waals surface area contributed by atoms with Crippen LogP contribution >= 0.6 is 0 Å². The lowest BCUT2D eigenvalue weighted by Gasteiger charge is -2.10. The third-order valence-corrected chi connectivity index (χ3v) is 3.35. The van der Waals surface area contributed by atoms with Crippen LogP contribution in [0, 0.1) is 17.1 Å². The number of aromatic carboxylic acids is 1. The number of halogens is 1. The largest absolute Gasteiger partial charge is 0.478 e. The number of carboxylic acids is 1. The van der Waals surface area contributed by atoms with Crippen molar-refractivity contribution < 1.29 is 14.3 Å². The number of nitrogens with zero attached hydrogens (tertiary/aromatic N) is 1. The topological polar surface area (TPSA) is 61.1 Å². The van der Waals surface area contributed by atoms with Gasteiger partial charge < -0.3 is 5.11 Å². The quantitative estimate of drug-likeness (QED) is 0.842.